The van der Waals surface area contributed by atoms with Crippen LogP contribution in [0.1, 0.15) is 21.7 Å². The second-order valence-corrected chi connectivity index (χ2v) is 7.68. The van der Waals surface area contributed by atoms with Crippen LogP contribution < -0.4 is 10.1 Å². The first-order valence-corrected chi connectivity index (χ1v) is 10.1. The molecule has 0 unspecified atom stereocenters. The van der Waals surface area contributed by atoms with Gasteiger partial charge in [-0.3, -0.25) is 4.79 Å². The van der Waals surface area contributed by atoms with Gasteiger partial charge in [0, 0.05) is 28.4 Å². The van der Waals surface area contributed by atoms with Crippen LogP contribution in [0.25, 0.3) is 0 Å². The molecule has 6 nitrogen and oxygen atoms in total. The van der Waals surface area contributed by atoms with Gasteiger partial charge in [0.1, 0.15) is 5.75 Å². The molecular formula is C19H18Cl2N4O2S. The lowest BCUT2D eigenvalue weighted by Crippen LogP contribution is -2.24. The molecule has 1 N–H and O–H groups in total. The van der Waals surface area contributed by atoms with Crippen molar-refractivity contribution >= 4 is 40.9 Å². The first-order chi connectivity index (χ1) is 13.5. The fourth-order valence-electron chi connectivity index (χ4n) is 2.41. The van der Waals surface area contributed by atoms with Crippen LogP contribution in [0.4, 0.5) is 0 Å². The van der Waals surface area contributed by atoms with Crippen molar-refractivity contribution in [3.8, 4) is 5.75 Å². The highest BCUT2D eigenvalue weighted by Gasteiger charge is 2.12. The standard InChI is InChI=1S/C19H18Cl2N4O2S/c1-25-17(10-22-18(26)12-4-7-15(27-2)8-5-12)23-24-19(25)28-11-13-3-6-14(20)9-16(13)21/h3-9H,10-11H2,1-2H3,(H,22,26). The summed E-state index contributed by atoms with van der Waals surface area (Å²) in [4.78, 5) is 12.3. The molecular weight excluding hydrogens is 419 g/mol. The molecule has 0 bridgehead atoms. The number of ether oxygens (including phenoxy) is 1. The number of benzene rings is 2. The van der Waals surface area contributed by atoms with E-state index in [0.717, 1.165) is 10.7 Å². The van der Waals surface area contributed by atoms with E-state index < -0.39 is 0 Å². The van der Waals surface area contributed by atoms with Crippen molar-refractivity contribution in [3.63, 3.8) is 0 Å². The SMILES string of the molecule is COc1ccc(C(=O)NCc2nnc(SCc3ccc(Cl)cc3Cl)n2C)cc1. The highest BCUT2D eigenvalue weighted by Crippen LogP contribution is 2.27. The minimum absolute atomic E-state index is 0.187. The Morgan fingerprint density at radius 1 is 1.18 bits per heavy atom. The summed E-state index contributed by atoms with van der Waals surface area (Å²) < 4.78 is 6.94. The molecule has 0 radical (unpaired) electrons. The van der Waals surface area contributed by atoms with Crippen molar-refractivity contribution in [1.29, 1.82) is 0 Å². The van der Waals surface area contributed by atoms with Gasteiger partial charge in [-0.1, -0.05) is 41.0 Å². The van der Waals surface area contributed by atoms with Crippen molar-refractivity contribution in [2.24, 2.45) is 7.05 Å². The Balaban J connectivity index is 1.58. The number of hydrogen-bond acceptors (Lipinski definition) is 5. The average Bonchev–Trinajstić information content (AvgIpc) is 3.05. The molecule has 1 amide bonds. The summed E-state index contributed by atoms with van der Waals surface area (Å²) >= 11 is 13.6. The molecule has 0 fully saturated rings. The zero-order chi connectivity index (χ0) is 20.1. The Morgan fingerprint density at radius 3 is 2.61 bits per heavy atom. The highest BCUT2D eigenvalue weighted by molar-refractivity contribution is 7.98. The van der Waals surface area contributed by atoms with Crippen molar-refractivity contribution in [3.05, 3.63) is 69.5 Å². The van der Waals surface area contributed by atoms with E-state index in [1.807, 2.05) is 17.7 Å². The molecule has 2 aromatic carbocycles. The minimum atomic E-state index is -0.187. The van der Waals surface area contributed by atoms with Gasteiger partial charge in [0.2, 0.25) is 0 Å². The Hall–Kier alpha value is -2.22. The fraction of sp³-hybridized carbons (Fsp3) is 0.211. The highest BCUT2D eigenvalue weighted by atomic mass is 35.5. The number of rotatable bonds is 7. The molecule has 1 heterocycles. The second-order valence-electron chi connectivity index (χ2n) is 5.89. The van der Waals surface area contributed by atoms with E-state index in [0.29, 0.717) is 32.9 Å². The number of hydrogen-bond donors (Lipinski definition) is 1. The summed E-state index contributed by atoms with van der Waals surface area (Å²) in [6, 6.07) is 12.3. The number of carbonyl (C=O) groups excluding carboxylic acids is 1. The second kappa shape index (κ2) is 9.32. The summed E-state index contributed by atoms with van der Waals surface area (Å²) in [5, 5.41) is 13.2. The molecule has 0 saturated carbocycles. The van der Waals surface area contributed by atoms with E-state index in [9.17, 15) is 4.79 Å². The van der Waals surface area contributed by atoms with Gasteiger partial charge in [-0.15, -0.1) is 10.2 Å². The average molecular weight is 437 g/mol. The van der Waals surface area contributed by atoms with Crippen molar-refractivity contribution in [2.75, 3.05) is 7.11 Å². The number of aromatic nitrogens is 3. The van der Waals surface area contributed by atoms with E-state index >= 15 is 0 Å². The predicted molar refractivity (Wildman–Crippen MR) is 111 cm³/mol. The van der Waals surface area contributed by atoms with Crippen LogP contribution in [-0.4, -0.2) is 27.8 Å². The van der Waals surface area contributed by atoms with Gasteiger partial charge >= 0.3 is 0 Å². The lowest BCUT2D eigenvalue weighted by Gasteiger charge is -2.07. The Labute approximate surface area is 177 Å². The van der Waals surface area contributed by atoms with E-state index in [1.54, 1.807) is 43.5 Å². The number of carbonyl (C=O) groups is 1. The van der Waals surface area contributed by atoms with Gasteiger partial charge in [0.15, 0.2) is 11.0 Å². The molecule has 0 saturated heterocycles. The molecule has 0 aliphatic rings. The van der Waals surface area contributed by atoms with Gasteiger partial charge in [-0.2, -0.15) is 0 Å². The van der Waals surface area contributed by atoms with Crippen LogP contribution in [0.2, 0.25) is 10.0 Å². The molecule has 0 aliphatic carbocycles. The largest absolute Gasteiger partial charge is 0.497 e. The van der Waals surface area contributed by atoms with E-state index in [4.69, 9.17) is 27.9 Å². The van der Waals surface area contributed by atoms with Gasteiger partial charge < -0.3 is 14.6 Å². The maximum absolute atomic E-state index is 12.3. The number of nitrogens with one attached hydrogen (secondary N) is 1. The maximum atomic E-state index is 12.3. The van der Waals surface area contributed by atoms with Crippen molar-refractivity contribution in [2.45, 2.75) is 17.5 Å². The predicted octanol–water partition coefficient (Wildman–Crippen LogP) is 4.35. The molecule has 146 valence electrons. The molecule has 3 aromatic rings. The molecule has 0 atom stereocenters. The third-order valence-corrected chi connectivity index (χ3v) is 5.71. The fourth-order valence-corrected chi connectivity index (χ4v) is 3.90. The summed E-state index contributed by atoms with van der Waals surface area (Å²) in [7, 11) is 3.44. The lowest BCUT2D eigenvalue weighted by molar-refractivity contribution is 0.0949. The summed E-state index contributed by atoms with van der Waals surface area (Å²) in [6.45, 7) is 0.274. The Morgan fingerprint density at radius 2 is 1.93 bits per heavy atom. The summed E-state index contributed by atoms with van der Waals surface area (Å²) in [6.07, 6.45) is 0. The number of nitrogens with zero attached hydrogens (tertiary/aromatic N) is 3. The molecule has 28 heavy (non-hydrogen) atoms. The molecule has 1 aromatic heterocycles. The molecule has 0 spiro atoms. The monoisotopic (exact) mass is 436 g/mol. The van der Waals surface area contributed by atoms with E-state index in [2.05, 4.69) is 15.5 Å². The molecule has 0 aliphatic heterocycles. The van der Waals surface area contributed by atoms with Gasteiger partial charge in [-0.25, -0.2) is 0 Å². The molecule has 3 rings (SSSR count). The smallest absolute Gasteiger partial charge is 0.251 e. The zero-order valence-corrected chi connectivity index (χ0v) is 17.6. The van der Waals surface area contributed by atoms with Gasteiger partial charge in [0.05, 0.1) is 13.7 Å². The zero-order valence-electron chi connectivity index (χ0n) is 15.3. The van der Waals surface area contributed by atoms with E-state index in [-0.39, 0.29) is 12.5 Å². The Bertz CT molecular complexity index is 977. The van der Waals surface area contributed by atoms with E-state index in [1.165, 1.54) is 11.8 Å². The number of methoxy groups -OCH3 is 1. The topological polar surface area (TPSA) is 69.0 Å². The van der Waals surface area contributed by atoms with Crippen LogP contribution in [0, 0.1) is 0 Å². The number of halogens is 2. The first kappa shape index (κ1) is 20.5. The van der Waals surface area contributed by atoms with Crippen molar-refractivity contribution < 1.29 is 9.53 Å². The summed E-state index contributed by atoms with van der Waals surface area (Å²) in [5.41, 5.74) is 1.52. The molecule has 9 heteroatoms. The van der Waals surface area contributed by atoms with Crippen molar-refractivity contribution in [1.82, 2.24) is 20.1 Å². The van der Waals surface area contributed by atoms with Crippen LogP contribution in [0.3, 0.4) is 0 Å². The Kier molecular flexibility index (Phi) is 6.83. The first-order valence-electron chi connectivity index (χ1n) is 8.35. The number of amides is 1. The third kappa shape index (κ3) is 4.98. The van der Waals surface area contributed by atoms with Gasteiger partial charge in [0.25, 0.3) is 5.91 Å². The lowest BCUT2D eigenvalue weighted by atomic mass is 10.2. The van der Waals surface area contributed by atoms with Crippen LogP contribution in [-0.2, 0) is 19.3 Å². The van der Waals surface area contributed by atoms with Gasteiger partial charge in [-0.05, 0) is 42.0 Å². The maximum Gasteiger partial charge on any atom is 0.251 e. The number of thioether (sulfide) groups is 1. The summed E-state index contributed by atoms with van der Waals surface area (Å²) in [5.74, 6) is 1.81. The van der Waals surface area contributed by atoms with Crippen LogP contribution >= 0.6 is 35.0 Å². The normalized spacial score (nSPS) is 10.7. The quantitative estimate of drug-likeness (QED) is 0.557. The minimum Gasteiger partial charge on any atom is -0.497 e. The third-order valence-electron chi connectivity index (χ3n) is 4.06. The van der Waals surface area contributed by atoms with Crippen LogP contribution in [0.15, 0.2) is 47.6 Å². The van der Waals surface area contributed by atoms with Crippen LogP contribution in [0.5, 0.6) is 5.75 Å².